The molecule has 1 fully saturated rings. The molecule has 0 aliphatic carbocycles. The normalized spacial score (nSPS) is 16.2. The number of aliphatic hydroxyl groups excluding tert-OH is 1. The van der Waals surface area contributed by atoms with Gasteiger partial charge in [0.2, 0.25) is 5.91 Å². The SMILES string of the molecule is Cc1cn2c(CC(=O)N3CC(CO)C3)csc2n1. The number of imidazole rings is 1. The Kier molecular flexibility index (Phi) is 2.83. The summed E-state index contributed by atoms with van der Waals surface area (Å²) in [6.45, 7) is 3.50. The molecule has 6 heteroatoms. The van der Waals surface area contributed by atoms with Gasteiger partial charge in [-0.2, -0.15) is 0 Å². The summed E-state index contributed by atoms with van der Waals surface area (Å²) >= 11 is 1.56. The van der Waals surface area contributed by atoms with Crippen molar-refractivity contribution in [2.75, 3.05) is 19.7 Å². The van der Waals surface area contributed by atoms with Crippen molar-refractivity contribution in [2.45, 2.75) is 13.3 Å². The zero-order valence-corrected chi connectivity index (χ0v) is 11.0. The molecule has 2 aromatic rings. The number of likely N-dealkylation sites (tertiary alicyclic amines) is 1. The summed E-state index contributed by atoms with van der Waals surface area (Å²) in [4.78, 5) is 19.1. The number of carbonyl (C=O) groups excluding carboxylic acids is 1. The highest BCUT2D eigenvalue weighted by molar-refractivity contribution is 7.15. The van der Waals surface area contributed by atoms with Crippen LogP contribution in [0.25, 0.3) is 4.96 Å². The van der Waals surface area contributed by atoms with Crippen LogP contribution in [0.1, 0.15) is 11.4 Å². The van der Waals surface area contributed by atoms with E-state index in [1.165, 1.54) is 0 Å². The number of hydrogen-bond donors (Lipinski definition) is 1. The van der Waals surface area contributed by atoms with Crippen molar-refractivity contribution >= 4 is 22.2 Å². The quantitative estimate of drug-likeness (QED) is 0.888. The van der Waals surface area contributed by atoms with E-state index in [9.17, 15) is 4.79 Å². The Balaban J connectivity index is 1.71. The number of aliphatic hydroxyl groups is 1. The van der Waals surface area contributed by atoms with Gasteiger partial charge in [0.25, 0.3) is 0 Å². The maximum Gasteiger partial charge on any atom is 0.228 e. The first-order chi connectivity index (χ1) is 8.67. The van der Waals surface area contributed by atoms with Gasteiger partial charge in [-0.25, -0.2) is 4.98 Å². The summed E-state index contributed by atoms with van der Waals surface area (Å²) in [7, 11) is 0. The lowest BCUT2D eigenvalue weighted by Gasteiger charge is -2.38. The van der Waals surface area contributed by atoms with Crippen molar-refractivity contribution in [3.8, 4) is 0 Å². The van der Waals surface area contributed by atoms with E-state index in [-0.39, 0.29) is 18.4 Å². The van der Waals surface area contributed by atoms with E-state index < -0.39 is 0 Å². The molecule has 0 radical (unpaired) electrons. The Morgan fingerprint density at radius 1 is 1.61 bits per heavy atom. The standard InChI is InChI=1S/C12H15N3O2S/c1-8-3-15-10(7-18-12(15)13-8)2-11(17)14-4-9(5-14)6-16/h3,7,9,16H,2,4-6H2,1H3. The summed E-state index contributed by atoms with van der Waals surface area (Å²) in [5.74, 6) is 0.401. The van der Waals surface area contributed by atoms with E-state index in [4.69, 9.17) is 5.11 Å². The van der Waals surface area contributed by atoms with Gasteiger partial charge >= 0.3 is 0 Å². The fourth-order valence-corrected chi connectivity index (χ4v) is 3.14. The summed E-state index contributed by atoms with van der Waals surface area (Å²) in [5.41, 5.74) is 1.97. The molecule has 0 saturated carbocycles. The Bertz CT molecular complexity index is 583. The minimum Gasteiger partial charge on any atom is -0.396 e. The fraction of sp³-hybridized carbons (Fsp3) is 0.500. The van der Waals surface area contributed by atoms with Gasteiger partial charge in [0.15, 0.2) is 4.96 Å². The predicted molar refractivity (Wildman–Crippen MR) is 68.7 cm³/mol. The molecule has 1 amide bonds. The summed E-state index contributed by atoms with van der Waals surface area (Å²) in [5, 5.41) is 10.9. The average Bonchev–Trinajstić information content (AvgIpc) is 2.78. The first-order valence-corrected chi connectivity index (χ1v) is 6.86. The number of aryl methyl sites for hydroxylation is 1. The molecule has 2 aromatic heterocycles. The van der Waals surface area contributed by atoms with E-state index in [1.54, 1.807) is 16.2 Å². The molecule has 0 aromatic carbocycles. The number of fused-ring (bicyclic) bond motifs is 1. The molecule has 96 valence electrons. The lowest BCUT2D eigenvalue weighted by atomic mass is 10.0. The zero-order chi connectivity index (χ0) is 12.7. The van der Waals surface area contributed by atoms with Crippen molar-refractivity contribution in [3.63, 3.8) is 0 Å². The second kappa shape index (κ2) is 4.37. The number of rotatable bonds is 3. The number of thiazole rings is 1. The van der Waals surface area contributed by atoms with Gasteiger partial charge in [0, 0.05) is 42.9 Å². The van der Waals surface area contributed by atoms with Gasteiger partial charge in [-0.15, -0.1) is 11.3 Å². The third-order valence-corrected chi connectivity index (χ3v) is 4.19. The van der Waals surface area contributed by atoms with Crippen molar-refractivity contribution in [2.24, 2.45) is 5.92 Å². The molecule has 5 nitrogen and oxygen atoms in total. The van der Waals surface area contributed by atoms with Crippen molar-refractivity contribution in [3.05, 3.63) is 23.0 Å². The average molecular weight is 265 g/mol. The Morgan fingerprint density at radius 3 is 3.11 bits per heavy atom. The highest BCUT2D eigenvalue weighted by Crippen LogP contribution is 2.20. The van der Waals surface area contributed by atoms with Gasteiger partial charge in [-0.1, -0.05) is 0 Å². The van der Waals surface area contributed by atoms with E-state index in [0.29, 0.717) is 19.5 Å². The van der Waals surface area contributed by atoms with Crippen LogP contribution in [-0.4, -0.2) is 45.0 Å². The molecule has 0 atom stereocenters. The predicted octanol–water partition coefficient (Wildman–Crippen LogP) is 0.697. The van der Waals surface area contributed by atoms with Crippen LogP contribution in [0.15, 0.2) is 11.6 Å². The molecule has 3 heterocycles. The van der Waals surface area contributed by atoms with Crippen LogP contribution in [0.5, 0.6) is 0 Å². The van der Waals surface area contributed by atoms with Crippen LogP contribution in [0.2, 0.25) is 0 Å². The van der Waals surface area contributed by atoms with Gasteiger partial charge in [0.05, 0.1) is 12.1 Å². The number of hydrogen-bond acceptors (Lipinski definition) is 4. The number of nitrogens with zero attached hydrogens (tertiary/aromatic N) is 3. The Labute approximate surface area is 109 Å². The van der Waals surface area contributed by atoms with Gasteiger partial charge in [0.1, 0.15) is 0 Å². The summed E-state index contributed by atoms with van der Waals surface area (Å²) in [6.07, 6.45) is 2.37. The topological polar surface area (TPSA) is 57.8 Å². The van der Waals surface area contributed by atoms with Crippen LogP contribution in [0.4, 0.5) is 0 Å². The molecular formula is C12H15N3O2S. The van der Waals surface area contributed by atoms with E-state index in [0.717, 1.165) is 16.3 Å². The van der Waals surface area contributed by atoms with Gasteiger partial charge in [-0.3, -0.25) is 9.20 Å². The van der Waals surface area contributed by atoms with Gasteiger partial charge < -0.3 is 10.0 Å². The van der Waals surface area contributed by atoms with E-state index in [2.05, 4.69) is 4.98 Å². The molecule has 0 bridgehead atoms. The van der Waals surface area contributed by atoms with E-state index >= 15 is 0 Å². The smallest absolute Gasteiger partial charge is 0.228 e. The highest BCUT2D eigenvalue weighted by Gasteiger charge is 2.30. The third-order valence-electron chi connectivity index (χ3n) is 3.30. The van der Waals surface area contributed by atoms with Crippen LogP contribution in [0.3, 0.4) is 0 Å². The lowest BCUT2D eigenvalue weighted by Crippen LogP contribution is -2.51. The largest absolute Gasteiger partial charge is 0.396 e. The molecule has 1 N–H and O–H groups in total. The maximum atomic E-state index is 12.0. The second-order valence-electron chi connectivity index (χ2n) is 4.79. The third kappa shape index (κ3) is 1.91. The van der Waals surface area contributed by atoms with Crippen LogP contribution in [0, 0.1) is 12.8 Å². The van der Waals surface area contributed by atoms with Crippen LogP contribution >= 0.6 is 11.3 Å². The lowest BCUT2D eigenvalue weighted by molar-refractivity contribution is -0.137. The summed E-state index contributed by atoms with van der Waals surface area (Å²) < 4.78 is 1.99. The number of amides is 1. The molecular weight excluding hydrogens is 250 g/mol. The molecule has 1 aliphatic heterocycles. The molecule has 0 spiro atoms. The maximum absolute atomic E-state index is 12.0. The minimum atomic E-state index is 0.130. The van der Waals surface area contributed by atoms with Crippen LogP contribution < -0.4 is 0 Å². The molecule has 0 unspecified atom stereocenters. The van der Waals surface area contributed by atoms with Gasteiger partial charge in [-0.05, 0) is 6.92 Å². The van der Waals surface area contributed by atoms with Crippen molar-refractivity contribution in [1.29, 1.82) is 0 Å². The van der Waals surface area contributed by atoms with Crippen molar-refractivity contribution < 1.29 is 9.90 Å². The first-order valence-electron chi connectivity index (χ1n) is 5.98. The number of carbonyl (C=O) groups is 1. The highest BCUT2D eigenvalue weighted by atomic mass is 32.1. The van der Waals surface area contributed by atoms with Crippen LogP contribution in [-0.2, 0) is 11.2 Å². The fourth-order valence-electron chi connectivity index (χ4n) is 2.22. The Hall–Kier alpha value is -1.40. The zero-order valence-electron chi connectivity index (χ0n) is 10.2. The monoisotopic (exact) mass is 265 g/mol. The first kappa shape index (κ1) is 11.7. The molecule has 3 rings (SSSR count). The Morgan fingerprint density at radius 2 is 2.39 bits per heavy atom. The number of aromatic nitrogens is 2. The second-order valence-corrected chi connectivity index (χ2v) is 5.62. The molecule has 18 heavy (non-hydrogen) atoms. The minimum absolute atomic E-state index is 0.130. The molecule has 1 saturated heterocycles. The van der Waals surface area contributed by atoms with Crippen molar-refractivity contribution in [1.82, 2.24) is 14.3 Å². The van der Waals surface area contributed by atoms with E-state index in [1.807, 2.05) is 22.9 Å². The summed E-state index contributed by atoms with van der Waals surface area (Å²) in [6, 6.07) is 0. The molecule has 1 aliphatic rings.